The average Bonchev–Trinajstić information content (AvgIpc) is 2.44. The SMILES string of the molecule is COC(=O)c1ccc(N)c(Sc2ccc(F)c(F)c2)n1. The van der Waals surface area contributed by atoms with Crippen molar-refractivity contribution >= 4 is 23.4 Å². The molecule has 2 aromatic rings. The molecule has 0 saturated carbocycles. The number of nitrogens with zero attached hydrogens (tertiary/aromatic N) is 1. The van der Waals surface area contributed by atoms with Gasteiger partial charge in [-0.1, -0.05) is 11.8 Å². The maximum atomic E-state index is 13.1. The Bertz CT molecular complexity index is 665. The minimum Gasteiger partial charge on any atom is -0.464 e. The molecule has 0 aliphatic rings. The van der Waals surface area contributed by atoms with Crippen molar-refractivity contribution in [2.75, 3.05) is 12.8 Å². The summed E-state index contributed by atoms with van der Waals surface area (Å²) in [7, 11) is 1.24. The molecule has 0 aliphatic carbocycles. The molecule has 0 spiro atoms. The molecule has 0 unspecified atom stereocenters. The number of esters is 1. The van der Waals surface area contributed by atoms with Crippen LogP contribution < -0.4 is 5.73 Å². The molecule has 0 atom stereocenters. The van der Waals surface area contributed by atoms with Crippen molar-refractivity contribution in [1.82, 2.24) is 4.98 Å². The number of nitrogen functional groups attached to an aromatic ring is 1. The van der Waals surface area contributed by atoms with Gasteiger partial charge in [-0.2, -0.15) is 0 Å². The number of halogens is 2. The second-order valence-electron chi connectivity index (χ2n) is 3.76. The molecule has 0 saturated heterocycles. The number of anilines is 1. The average molecular weight is 296 g/mol. The number of rotatable bonds is 3. The minimum absolute atomic E-state index is 0.0896. The van der Waals surface area contributed by atoms with Gasteiger partial charge in [-0.05, 0) is 30.3 Å². The van der Waals surface area contributed by atoms with Crippen LogP contribution in [0.15, 0.2) is 40.3 Å². The normalized spacial score (nSPS) is 10.3. The molecule has 2 N–H and O–H groups in total. The predicted molar refractivity (Wildman–Crippen MR) is 70.5 cm³/mol. The largest absolute Gasteiger partial charge is 0.464 e. The van der Waals surface area contributed by atoms with Crippen LogP contribution in [0.25, 0.3) is 0 Å². The number of ether oxygens (including phenoxy) is 1. The van der Waals surface area contributed by atoms with Gasteiger partial charge in [0.15, 0.2) is 11.6 Å². The van der Waals surface area contributed by atoms with Gasteiger partial charge in [-0.15, -0.1) is 0 Å². The number of hydrogen-bond acceptors (Lipinski definition) is 5. The van der Waals surface area contributed by atoms with Gasteiger partial charge in [0.1, 0.15) is 10.7 Å². The van der Waals surface area contributed by atoms with E-state index in [0.29, 0.717) is 15.6 Å². The summed E-state index contributed by atoms with van der Waals surface area (Å²) in [5.74, 6) is -2.49. The van der Waals surface area contributed by atoms with E-state index in [-0.39, 0.29) is 5.69 Å². The molecule has 2 rings (SSSR count). The van der Waals surface area contributed by atoms with Crippen molar-refractivity contribution in [1.29, 1.82) is 0 Å². The quantitative estimate of drug-likeness (QED) is 0.882. The van der Waals surface area contributed by atoms with Gasteiger partial charge in [0.25, 0.3) is 0 Å². The Balaban J connectivity index is 2.32. The van der Waals surface area contributed by atoms with Crippen LogP contribution in [0.3, 0.4) is 0 Å². The lowest BCUT2D eigenvalue weighted by molar-refractivity contribution is 0.0593. The fourth-order valence-electron chi connectivity index (χ4n) is 1.40. The highest BCUT2D eigenvalue weighted by Crippen LogP contribution is 2.31. The molecule has 0 radical (unpaired) electrons. The van der Waals surface area contributed by atoms with Gasteiger partial charge in [0.2, 0.25) is 0 Å². The van der Waals surface area contributed by atoms with Crippen LogP contribution in [0.1, 0.15) is 10.5 Å². The first kappa shape index (κ1) is 14.3. The first-order valence-corrected chi connectivity index (χ1v) is 6.30. The highest BCUT2D eigenvalue weighted by molar-refractivity contribution is 7.99. The Labute approximate surface area is 118 Å². The number of hydrogen-bond donors (Lipinski definition) is 1. The van der Waals surface area contributed by atoms with Crippen LogP contribution in [0.5, 0.6) is 0 Å². The molecule has 1 aromatic heterocycles. The van der Waals surface area contributed by atoms with E-state index >= 15 is 0 Å². The zero-order chi connectivity index (χ0) is 14.7. The smallest absolute Gasteiger partial charge is 0.356 e. The maximum absolute atomic E-state index is 13.1. The van der Waals surface area contributed by atoms with Crippen molar-refractivity contribution < 1.29 is 18.3 Å². The van der Waals surface area contributed by atoms with E-state index in [4.69, 9.17) is 5.73 Å². The van der Waals surface area contributed by atoms with E-state index in [2.05, 4.69) is 9.72 Å². The highest BCUT2D eigenvalue weighted by Gasteiger charge is 2.12. The third-order valence-corrected chi connectivity index (χ3v) is 3.40. The van der Waals surface area contributed by atoms with Gasteiger partial charge >= 0.3 is 5.97 Å². The summed E-state index contributed by atoms with van der Waals surface area (Å²) in [5, 5.41) is 0.318. The lowest BCUT2D eigenvalue weighted by atomic mass is 10.3. The van der Waals surface area contributed by atoms with Crippen molar-refractivity contribution in [2.24, 2.45) is 0 Å². The van der Waals surface area contributed by atoms with Crippen LogP contribution in [-0.4, -0.2) is 18.1 Å². The molecule has 104 valence electrons. The topological polar surface area (TPSA) is 65.2 Å². The number of nitrogens with two attached hydrogens (primary N) is 1. The van der Waals surface area contributed by atoms with E-state index < -0.39 is 17.6 Å². The van der Waals surface area contributed by atoms with Gasteiger partial charge in [-0.25, -0.2) is 18.6 Å². The van der Waals surface area contributed by atoms with Crippen LogP contribution in [0.4, 0.5) is 14.5 Å². The molecule has 0 aliphatic heterocycles. The number of aromatic nitrogens is 1. The fourth-order valence-corrected chi connectivity index (χ4v) is 2.25. The third kappa shape index (κ3) is 3.05. The molecule has 4 nitrogen and oxygen atoms in total. The molecule has 1 aromatic carbocycles. The second kappa shape index (κ2) is 5.87. The molecule has 7 heteroatoms. The van der Waals surface area contributed by atoms with E-state index in [0.717, 1.165) is 23.9 Å². The Kier molecular flexibility index (Phi) is 4.19. The zero-order valence-corrected chi connectivity index (χ0v) is 11.2. The maximum Gasteiger partial charge on any atom is 0.356 e. The summed E-state index contributed by atoms with van der Waals surface area (Å²) in [6.07, 6.45) is 0. The molecule has 1 heterocycles. The van der Waals surface area contributed by atoms with E-state index in [1.165, 1.54) is 25.3 Å². The first-order valence-electron chi connectivity index (χ1n) is 5.49. The van der Waals surface area contributed by atoms with Crippen molar-refractivity contribution in [2.45, 2.75) is 9.92 Å². The molecule has 0 bridgehead atoms. The third-order valence-electron chi connectivity index (χ3n) is 2.39. The van der Waals surface area contributed by atoms with Crippen molar-refractivity contribution in [3.8, 4) is 0 Å². The van der Waals surface area contributed by atoms with Crippen LogP contribution in [0, 0.1) is 11.6 Å². The van der Waals surface area contributed by atoms with Gasteiger partial charge in [-0.3, -0.25) is 0 Å². The molecular formula is C13H10F2N2O2S. The summed E-state index contributed by atoms with van der Waals surface area (Å²) in [6.45, 7) is 0. The Morgan fingerprint density at radius 1 is 1.25 bits per heavy atom. The summed E-state index contributed by atoms with van der Waals surface area (Å²) in [4.78, 5) is 15.8. The molecule has 0 amide bonds. The monoisotopic (exact) mass is 296 g/mol. The number of benzene rings is 1. The lowest BCUT2D eigenvalue weighted by Crippen LogP contribution is -2.05. The Morgan fingerprint density at radius 3 is 2.65 bits per heavy atom. The summed E-state index contributed by atoms with van der Waals surface area (Å²) in [5.41, 5.74) is 6.16. The van der Waals surface area contributed by atoms with Gasteiger partial charge in [0, 0.05) is 4.90 Å². The fraction of sp³-hybridized carbons (Fsp3) is 0.0769. The Morgan fingerprint density at radius 2 is 2.00 bits per heavy atom. The van der Waals surface area contributed by atoms with Gasteiger partial charge < -0.3 is 10.5 Å². The van der Waals surface area contributed by atoms with Crippen molar-refractivity contribution in [3.63, 3.8) is 0 Å². The van der Waals surface area contributed by atoms with Crippen LogP contribution in [-0.2, 0) is 4.74 Å². The molecular weight excluding hydrogens is 286 g/mol. The minimum atomic E-state index is -0.960. The predicted octanol–water partition coefficient (Wildman–Crippen LogP) is 2.88. The first-order chi connectivity index (χ1) is 9.51. The van der Waals surface area contributed by atoms with E-state index in [1.807, 2.05) is 0 Å². The number of methoxy groups -OCH3 is 1. The van der Waals surface area contributed by atoms with E-state index in [1.54, 1.807) is 0 Å². The summed E-state index contributed by atoms with van der Waals surface area (Å²) in [6, 6.07) is 6.37. The zero-order valence-electron chi connectivity index (χ0n) is 10.4. The Hall–Kier alpha value is -2.15. The summed E-state index contributed by atoms with van der Waals surface area (Å²) >= 11 is 1.03. The van der Waals surface area contributed by atoms with Crippen LogP contribution in [0.2, 0.25) is 0 Å². The van der Waals surface area contributed by atoms with E-state index in [9.17, 15) is 13.6 Å². The number of carbonyl (C=O) groups excluding carboxylic acids is 1. The number of carbonyl (C=O) groups is 1. The van der Waals surface area contributed by atoms with Crippen molar-refractivity contribution in [3.05, 3.63) is 47.7 Å². The molecule has 20 heavy (non-hydrogen) atoms. The summed E-state index contributed by atoms with van der Waals surface area (Å²) < 4.78 is 30.5. The van der Waals surface area contributed by atoms with Gasteiger partial charge in [0.05, 0.1) is 12.8 Å². The second-order valence-corrected chi connectivity index (χ2v) is 4.82. The lowest BCUT2D eigenvalue weighted by Gasteiger charge is -2.06. The highest BCUT2D eigenvalue weighted by atomic mass is 32.2. The van der Waals surface area contributed by atoms with Crippen LogP contribution >= 0.6 is 11.8 Å². The standard InChI is InChI=1S/C13H10F2N2O2S/c1-19-13(18)11-5-4-10(16)12(17-11)20-7-2-3-8(14)9(15)6-7/h2-6H,16H2,1H3. The number of pyridine rings is 1. The molecule has 0 fully saturated rings.